The fourth-order valence-electron chi connectivity index (χ4n) is 4.68. The molecule has 202 valence electrons. The van der Waals surface area contributed by atoms with E-state index in [4.69, 9.17) is 25.8 Å². The summed E-state index contributed by atoms with van der Waals surface area (Å²) in [6.07, 6.45) is 0. The molecule has 2 aliphatic heterocycles. The van der Waals surface area contributed by atoms with Crippen LogP contribution in [0.25, 0.3) is 21.5 Å². The van der Waals surface area contributed by atoms with E-state index < -0.39 is 23.9 Å². The molecule has 0 spiro atoms. The Labute approximate surface area is 231 Å². The van der Waals surface area contributed by atoms with Gasteiger partial charge in [0.1, 0.15) is 17.4 Å². The maximum Gasteiger partial charge on any atom is 0.346 e. The molecule has 4 aromatic carbocycles. The number of benzene rings is 4. The first kappa shape index (κ1) is 26.6. The summed E-state index contributed by atoms with van der Waals surface area (Å²) in [5.74, 6) is -2.13. The summed E-state index contributed by atoms with van der Waals surface area (Å²) in [6, 6.07) is 15.2. The van der Waals surface area contributed by atoms with Crippen LogP contribution in [0.2, 0.25) is 0 Å². The summed E-state index contributed by atoms with van der Waals surface area (Å²) in [5.41, 5.74) is 2.02. The summed E-state index contributed by atoms with van der Waals surface area (Å²) < 4.78 is 19.8. The highest BCUT2D eigenvalue weighted by Gasteiger charge is 2.30. The molecule has 0 saturated carbocycles. The first-order valence-corrected chi connectivity index (χ1v) is 12.4. The number of esters is 4. The van der Waals surface area contributed by atoms with Crippen molar-refractivity contribution >= 4 is 62.9 Å². The van der Waals surface area contributed by atoms with Crippen LogP contribution in [0.15, 0.2) is 54.6 Å². The van der Waals surface area contributed by atoms with Crippen LogP contribution in [-0.2, 0) is 20.8 Å². The third kappa shape index (κ3) is 4.58. The number of amides is 1. The third-order valence-electron chi connectivity index (χ3n) is 6.47. The summed E-state index contributed by atoms with van der Waals surface area (Å²) in [4.78, 5) is 58.5. The normalized spacial score (nSPS) is 13.3. The van der Waals surface area contributed by atoms with Crippen molar-refractivity contribution in [3.63, 3.8) is 0 Å². The Balaban J connectivity index is 0.000000168. The minimum atomic E-state index is -0.714. The number of nitrogens with one attached hydrogen (secondary N) is 1. The largest absolute Gasteiger partial charge is 0.497 e. The second-order valence-corrected chi connectivity index (χ2v) is 8.94. The van der Waals surface area contributed by atoms with E-state index in [1.54, 1.807) is 42.5 Å². The molecule has 2 heterocycles. The number of ether oxygens (including phenoxy) is 4. The highest BCUT2D eigenvalue weighted by molar-refractivity contribution is 6.27. The molecule has 0 atom stereocenters. The number of carbonyl (C=O) groups excluding carboxylic acids is 5. The summed E-state index contributed by atoms with van der Waals surface area (Å²) in [6.45, 7) is 0.165. The van der Waals surface area contributed by atoms with Crippen molar-refractivity contribution in [1.29, 1.82) is 0 Å². The van der Waals surface area contributed by atoms with E-state index >= 15 is 0 Å². The van der Waals surface area contributed by atoms with Crippen molar-refractivity contribution < 1.29 is 42.9 Å². The second kappa shape index (κ2) is 10.7. The molecule has 0 fully saturated rings. The fraction of sp³-hybridized carbons (Fsp3) is 0.138. The van der Waals surface area contributed by atoms with Crippen LogP contribution in [0, 0.1) is 0 Å². The van der Waals surface area contributed by atoms with Gasteiger partial charge in [0.25, 0.3) is 0 Å². The molecule has 0 radical (unpaired) electrons. The van der Waals surface area contributed by atoms with E-state index in [9.17, 15) is 24.0 Å². The molecule has 10 nitrogen and oxygen atoms in total. The highest BCUT2D eigenvalue weighted by atomic mass is 35.5. The minimum Gasteiger partial charge on any atom is -0.497 e. The third-order valence-corrected chi connectivity index (χ3v) is 6.71. The van der Waals surface area contributed by atoms with Crippen LogP contribution in [0.4, 0.5) is 0 Å². The van der Waals surface area contributed by atoms with E-state index in [1.807, 2.05) is 6.07 Å². The number of rotatable bonds is 5. The zero-order chi connectivity index (χ0) is 28.6. The summed E-state index contributed by atoms with van der Waals surface area (Å²) in [5, 5.41) is 5.24. The molecule has 0 aromatic heterocycles. The van der Waals surface area contributed by atoms with E-state index in [-0.39, 0.29) is 23.9 Å². The number of carbonyl (C=O) groups is 5. The van der Waals surface area contributed by atoms with Crippen LogP contribution in [0.1, 0.15) is 47.0 Å². The van der Waals surface area contributed by atoms with Crippen LogP contribution in [-0.4, -0.2) is 49.9 Å². The van der Waals surface area contributed by atoms with Crippen molar-refractivity contribution in [2.24, 2.45) is 0 Å². The number of hydrogen-bond acceptors (Lipinski definition) is 9. The molecule has 0 unspecified atom stereocenters. The van der Waals surface area contributed by atoms with Gasteiger partial charge >= 0.3 is 23.9 Å². The monoisotopic (exact) mass is 561 g/mol. The molecule has 4 aromatic rings. The average Bonchev–Trinajstić information content (AvgIpc) is 2.97. The Hall–Kier alpha value is -4.96. The molecular formula is C29H20ClNO9. The highest BCUT2D eigenvalue weighted by Crippen LogP contribution is 2.36. The van der Waals surface area contributed by atoms with Crippen molar-refractivity contribution in [2.75, 3.05) is 20.1 Å². The molecule has 0 saturated heterocycles. The lowest BCUT2D eigenvalue weighted by Gasteiger charge is -2.20. The van der Waals surface area contributed by atoms with Crippen molar-refractivity contribution in [3.8, 4) is 11.5 Å². The van der Waals surface area contributed by atoms with Gasteiger partial charge < -0.3 is 24.3 Å². The maximum atomic E-state index is 12.0. The lowest BCUT2D eigenvalue weighted by molar-refractivity contribution is -0.118. The molecule has 1 amide bonds. The van der Waals surface area contributed by atoms with Crippen LogP contribution >= 0.6 is 11.6 Å². The first-order chi connectivity index (χ1) is 19.3. The Kier molecular flexibility index (Phi) is 7.10. The lowest BCUT2D eigenvalue weighted by Crippen LogP contribution is -2.25. The number of hydrogen-bond donors (Lipinski definition) is 1. The van der Waals surface area contributed by atoms with Gasteiger partial charge in [0.15, 0.2) is 0 Å². The van der Waals surface area contributed by atoms with Gasteiger partial charge in [-0.3, -0.25) is 4.79 Å². The molecule has 0 bridgehead atoms. The van der Waals surface area contributed by atoms with Gasteiger partial charge in [-0.2, -0.15) is 0 Å². The first-order valence-electron chi connectivity index (χ1n) is 11.9. The molecule has 1 N–H and O–H groups in total. The van der Waals surface area contributed by atoms with Gasteiger partial charge in [0.2, 0.25) is 5.91 Å². The average molecular weight is 562 g/mol. The van der Waals surface area contributed by atoms with Crippen molar-refractivity contribution in [2.45, 2.75) is 6.54 Å². The van der Waals surface area contributed by atoms with Crippen LogP contribution in [0.3, 0.4) is 0 Å². The number of methoxy groups -OCH3 is 2. The van der Waals surface area contributed by atoms with E-state index in [1.165, 1.54) is 20.3 Å². The number of cyclic esters (lactones) is 4. The van der Waals surface area contributed by atoms with Gasteiger partial charge in [0, 0.05) is 22.9 Å². The van der Waals surface area contributed by atoms with Crippen LogP contribution < -0.4 is 14.8 Å². The summed E-state index contributed by atoms with van der Waals surface area (Å²) in [7, 11) is 2.99. The Morgan fingerprint density at radius 1 is 0.775 bits per heavy atom. The Morgan fingerprint density at radius 3 is 2.00 bits per heavy atom. The number of alkyl halides is 1. The quantitative estimate of drug-likeness (QED) is 0.216. The smallest absolute Gasteiger partial charge is 0.346 e. The maximum absolute atomic E-state index is 12.0. The van der Waals surface area contributed by atoms with Crippen molar-refractivity contribution in [3.05, 3.63) is 82.4 Å². The zero-order valence-corrected chi connectivity index (χ0v) is 21.9. The van der Waals surface area contributed by atoms with Gasteiger partial charge in [-0.15, -0.1) is 11.6 Å². The van der Waals surface area contributed by atoms with Crippen molar-refractivity contribution in [1.82, 2.24) is 5.32 Å². The standard InChI is InChI=1S/C16H12ClNO5.C13H8O4/c1-22-12-5-10-14-8(11(12)7-18-13(19)6-17)3-2-4-9(14)15(20)23-16(10)21;1-16-8-5-7-3-2-4-9-11(7)10(6-8)13(15)17-12(9)14/h2-5H,6-7H2,1H3,(H,18,19);2-6H,1H3. The van der Waals surface area contributed by atoms with E-state index in [0.29, 0.717) is 49.9 Å². The predicted molar refractivity (Wildman–Crippen MR) is 143 cm³/mol. The molecule has 6 rings (SSSR count). The second-order valence-electron chi connectivity index (χ2n) is 8.68. The van der Waals surface area contributed by atoms with Gasteiger partial charge in [-0.1, -0.05) is 24.3 Å². The predicted octanol–water partition coefficient (Wildman–Crippen LogP) is 4.17. The van der Waals surface area contributed by atoms with Crippen LogP contribution in [0.5, 0.6) is 11.5 Å². The Bertz CT molecular complexity index is 1760. The molecule has 0 aliphatic carbocycles. The summed E-state index contributed by atoms with van der Waals surface area (Å²) >= 11 is 5.48. The SMILES string of the molecule is COc1cc2c3c(cccc3c1)C(=O)OC2=O.COc1cc2c3c(cccc3c1CNC(=O)CCl)C(=O)OC2=O. The topological polar surface area (TPSA) is 134 Å². The molecule has 2 aliphatic rings. The molecule has 40 heavy (non-hydrogen) atoms. The van der Waals surface area contributed by atoms with Gasteiger partial charge in [0.05, 0.1) is 36.5 Å². The molecular weight excluding hydrogens is 542 g/mol. The minimum absolute atomic E-state index is 0.158. The van der Waals surface area contributed by atoms with Gasteiger partial charge in [-0.05, 0) is 41.1 Å². The Morgan fingerprint density at radius 2 is 1.38 bits per heavy atom. The van der Waals surface area contributed by atoms with E-state index in [0.717, 1.165) is 5.39 Å². The number of halogens is 1. The lowest BCUT2D eigenvalue weighted by atomic mass is 9.93. The van der Waals surface area contributed by atoms with Gasteiger partial charge in [-0.25, -0.2) is 19.2 Å². The fourth-order valence-corrected chi connectivity index (χ4v) is 4.78. The zero-order valence-electron chi connectivity index (χ0n) is 21.2. The van der Waals surface area contributed by atoms with E-state index in [2.05, 4.69) is 10.1 Å². The molecule has 11 heteroatoms.